The van der Waals surface area contributed by atoms with Gasteiger partial charge in [0.05, 0.1) is 11.1 Å². The molecule has 0 aliphatic carbocycles. The lowest BCUT2D eigenvalue weighted by Gasteiger charge is -2.01. The zero-order valence-corrected chi connectivity index (χ0v) is 7.74. The quantitative estimate of drug-likeness (QED) is 0.660. The van der Waals surface area contributed by atoms with Crippen molar-refractivity contribution in [1.29, 1.82) is 10.5 Å². The number of nitriles is 2. The zero-order valence-electron chi connectivity index (χ0n) is 7.74. The Morgan fingerprint density at radius 1 is 1.36 bits per heavy atom. The summed E-state index contributed by atoms with van der Waals surface area (Å²) >= 11 is 0. The lowest BCUT2D eigenvalue weighted by atomic mass is 9.98. The topological polar surface area (TPSA) is 64.7 Å². The zero-order chi connectivity index (χ0) is 10.6. The van der Waals surface area contributed by atoms with E-state index in [0.29, 0.717) is 12.0 Å². The van der Waals surface area contributed by atoms with Crippen LogP contribution >= 0.6 is 0 Å². The second-order valence-electron chi connectivity index (χ2n) is 2.73. The van der Waals surface area contributed by atoms with Crippen molar-refractivity contribution in [2.75, 3.05) is 0 Å². The van der Waals surface area contributed by atoms with Crippen LogP contribution in [0.15, 0.2) is 18.2 Å². The molecule has 0 N–H and O–H groups in total. The molecule has 0 saturated carbocycles. The first-order valence-corrected chi connectivity index (χ1v) is 4.21. The monoisotopic (exact) mass is 184 g/mol. The molecule has 0 radical (unpaired) electrons. The van der Waals surface area contributed by atoms with E-state index in [4.69, 9.17) is 10.5 Å². The highest BCUT2D eigenvalue weighted by molar-refractivity contribution is 5.98. The minimum Gasteiger partial charge on any atom is -0.294 e. The van der Waals surface area contributed by atoms with Gasteiger partial charge in [0.15, 0.2) is 5.78 Å². The van der Waals surface area contributed by atoms with E-state index in [2.05, 4.69) is 0 Å². The molecule has 0 aromatic heterocycles. The predicted octanol–water partition coefficient (Wildman–Crippen LogP) is 2.02. The first-order chi connectivity index (χ1) is 6.74. The Hall–Kier alpha value is -2.13. The summed E-state index contributed by atoms with van der Waals surface area (Å²) in [6.07, 6.45) is 0.337. The van der Waals surface area contributed by atoms with Gasteiger partial charge in [0.2, 0.25) is 0 Å². The van der Waals surface area contributed by atoms with Gasteiger partial charge in [-0.3, -0.25) is 4.79 Å². The van der Waals surface area contributed by atoms with Crippen molar-refractivity contribution in [2.45, 2.75) is 13.3 Å². The number of carbonyl (C=O) groups excluding carboxylic acids is 1. The molecule has 1 aromatic carbocycles. The van der Waals surface area contributed by atoms with Gasteiger partial charge in [-0.1, -0.05) is 13.0 Å². The average Bonchev–Trinajstić information content (AvgIpc) is 2.26. The fourth-order valence-electron chi connectivity index (χ4n) is 1.19. The summed E-state index contributed by atoms with van der Waals surface area (Å²) in [4.78, 5) is 11.4. The summed E-state index contributed by atoms with van der Waals surface area (Å²) in [5.41, 5.74) is 0.780. The van der Waals surface area contributed by atoms with Crippen molar-refractivity contribution in [3.8, 4) is 12.1 Å². The third kappa shape index (κ3) is 1.62. The SMILES string of the molecule is CCC(=O)c1cccc(C#N)c1C#N. The van der Waals surface area contributed by atoms with E-state index in [1.165, 1.54) is 6.07 Å². The fourth-order valence-corrected chi connectivity index (χ4v) is 1.19. The number of nitrogens with zero attached hydrogens (tertiary/aromatic N) is 2. The minimum absolute atomic E-state index is 0.112. The van der Waals surface area contributed by atoms with E-state index < -0.39 is 0 Å². The van der Waals surface area contributed by atoms with E-state index in [9.17, 15) is 4.79 Å². The highest BCUT2D eigenvalue weighted by Crippen LogP contribution is 2.14. The lowest BCUT2D eigenvalue weighted by molar-refractivity contribution is 0.0988. The van der Waals surface area contributed by atoms with Crippen molar-refractivity contribution in [3.63, 3.8) is 0 Å². The largest absolute Gasteiger partial charge is 0.294 e. The van der Waals surface area contributed by atoms with Crippen LogP contribution in [0, 0.1) is 22.7 Å². The van der Waals surface area contributed by atoms with Crippen LogP contribution < -0.4 is 0 Å². The van der Waals surface area contributed by atoms with Crippen LogP contribution in [0.2, 0.25) is 0 Å². The molecule has 1 rings (SSSR count). The van der Waals surface area contributed by atoms with Crippen molar-refractivity contribution >= 4 is 5.78 Å². The number of ketones is 1. The molecule has 0 heterocycles. The van der Waals surface area contributed by atoms with Gasteiger partial charge < -0.3 is 0 Å². The first-order valence-electron chi connectivity index (χ1n) is 4.21. The maximum Gasteiger partial charge on any atom is 0.163 e. The number of benzene rings is 1. The highest BCUT2D eigenvalue weighted by Gasteiger charge is 2.12. The minimum atomic E-state index is -0.112. The second kappa shape index (κ2) is 4.20. The Labute approximate surface area is 82.2 Å². The maximum absolute atomic E-state index is 11.4. The third-order valence-electron chi connectivity index (χ3n) is 1.92. The van der Waals surface area contributed by atoms with Gasteiger partial charge in [0, 0.05) is 12.0 Å². The molecule has 3 nitrogen and oxygen atoms in total. The highest BCUT2D eigenvalue weighted by atomic mass is 16.1. The van der Waals surface area contributed by atoms with E-state index in [1.807, 2.05) is 12.1 Å². The molecule has 0 spiro atoms. The molecule has 68 valence electrons. The third-order valence-corrected chi connectivity index (χ3v) is 1.92. The molecule has 14 heavy (non-hydrogen) atoms. The van der Waals surface area contributed by atoms with Gasteiger partial charge in [-0.25, -0.2) is 0 Å². The molecule has 0 atom stereocenters. The molecule has 0 amide bonds. The van der Waals surface area contributed by atoms with Crippen LogP contribution in [0.25, 0.3) is 0 Å². The molecule has 0 fully saturated rings. The summed E-state index contributed by atoms with van der Waals surface area (Å²) in [5, 5.41) is 17.5. The summed E-state index contributed by atoms with van der Waals surface area (Å²) in [5.74, 6) is -0.112. The average molecular weight is 184 g/mol. The van der Waals surface area contributed by atoms with E-state index >= 15 is 0 Å². The Kier molecular flexibility index (Phi) is 2.99. The van der Waals surface area contributed by atoms with E-state index in [0.717, 1.165) is 0 Å². The summed E-state index contributed by atoms with van der Waals surface area (Å²) in [6, 6.07) is 8.50. The van der Waals surface area contributed by atoms with Crippen molar-refractivity contribution < 1.29 is 4.79 Å². The second-order valence-corrected chi connectivity index (χ2v) is 2.73. The van der Waals surface area contributed by atoms with Gasteiger partial charge in [0.1, 0.15) is 12.1 Å². The van der Waals surface area contributed by atoms with Crippen LogP contribution in [0.3, 0.4) is 0 Å². The summed E-state index contributed by atoms with van der Waals surface area (Å²) < 4.78 is 0. The number of rotatable bonds is 2. The normalized spacial score (nSPS) is 8.79. The Balaban J connectivity index is 3.40. The van der Waals surface area contributed by atoms with Crippen molar-refractivity contribution in [3.05, 3.63) is 34.9 Å². The molecule has 3 heteroatoms. The Morgan fingerprint density at radius 3 is 2.57 bits per heavy atom. The summed E-state index contributed by atoms with van der Waals surface area (Å²) in [6.45, 7) is 1.72. The van der Waals surface area contributed by atoms with Gasteiger partial charge in [-0.2, -0.15) is 10.5 Å². The van der Waals surface area contributed by atoms with E-state index in [-0.39, 0.29) is 16.9 Å². The number of hydrogen-bond donors (Lipinski definition) is 0. The molecule has 0 saturated heterocycles. The number of hydrogen-bond acceptors (Lipinski definition) is 3. The molecular weight excluding hydrogens is 176 g/mol. The lowest BCUT2D eigenvalue weighted by Crippen LogP contribution is -2.01. The number of carbonyl (C=O) groups is 1. The van der Waals surface area contributed by atoms with Gasteiger partial charge >= 0.3 is 0 Å². The van der Waals surface area contributed by atoms with E-state index in [1.54, 1.807) is 19.1 Å². The fraction of sp³-hybridized carbons (Fsp3) is 0.182. The molecule has 1 aromatic rings. The summed E-state index contributed by atoms with van der Waals surface area (Å²) in [7, 11) is 0. The smallest absolute Gasteiger partial charge is 0.163 e. The molecular formula is C11H8N2O. The van der Waals surface area contributed by atoms with Crippen molar-refractivity contribution in [2.24, 2.45) is 0 Å². The molecule has 0 bridgehead atoms. The number of Topliss-reactive ketones (excluding diaryl/α,β-unsaturated/α-hetero) is 1. The van der Waals surface area contributed by atoms with Gasteiger partial charge in [-0.15, -0.1) is 0 Å². The van der Waals surface area contributed by atoms with Crippen LogP contribution in [-0.2, 0) is 0 Å². The molecule has 0 aliphatic heterocycles. The van der Waals surface area contributed by atoms with Gasteiger partial charge in [0.25, 0.3) is 0 Å². The van der Waals surface area contributed by atoms with Crippen molar-refractivity contribution in [1.82, 2.24) is 0 Å². The molecule has 0 unspecified atom stereocenters. The standard InChI is InChI=1S/C11H8N2O/c1-2-11(14)9-5-3-4-8(6-12)10(9)7-13/h3-5H,2H2,1H3. The Morgan fingerprint density at radius 2 is 2.07 bits per heavy atom. The predicted molar refractivity (Wildman–Crippen MR) is 50.5 cm³/mol. The van der Waals surface area contributed by atoms with Crippen LogP contribution in [0.4, 0.5) is 0 Å². The van der Waals surface area contributed by atoms with Gasteiger partial charge in [-0.05, 0) is 12.1 Å². The maximum atomic E-state index is 11.4. The van der Waals surface area contributed by atoms with Crippen LogP contribution in [-0.4, -0.2) is 5.78 Å². The molecule has 0 aliphatic rings. The van der Waals surface area contributed by atoms with Crippen LogP contribution in [0.5, 0.6) is 0 Å². The first kappa shape index (κ1) is 9.95. The Bertz CT molecular complexity index is 449. The van der Waals surface area contributed by atoms with Crippen LogP contribution in [0.1, 0.15) is 34.8 Å².